The van der Waals surface area contributed by atoms with Crippen LogP contribution in [0.15, 0.2) is 34.8 Å². The van der Waals surface area contributed by atoms with Gasteiger partial charge >= 0.3 is 0 Å². The number of phenolic OH excluding ortho intramolecular Hbond substituents is 1. The highest BCUT2D eigenvalue weighted by atomic mass is 79.9. The van der Waals surface area contributed by atoms with Crippen molar-refractivity contribution in [2.75, 3.05) is 5.32 Å². The van der Waals surface area contributed by atoms with Crippen LogP contribution in [0, 0.1) is 18.6 Å². The van der Waals surface area contributed by atoms with Crippen molar-refractivity contribution >= 4 is 21.6 Å². The lowest BCUT2D eigenvalue weighted by molar-refractivity contribution is 0.459. The number of halogens is 3. The Labute approximate surface area is 124 Å². The first-order valence-corrected chi connectivity index (χ1v) is 6.88. The van der Waals surface area contributed by atoms with Gasteiger partial charge < -0.3 is 10.4 Å². The quantitative estimate of drug-likeness (QED) is 0.830. The normalized spacial score (nSPS) is 12.2. The van der Waals surface area contributed by atoms with Crippen molar-refractivity contribution < 1.29 is 13.9 Å². The van der Waals surface area contributed by atoms with Crippen molar-refractivity contribution in [1.29, 1.82) is 0 Å². The number of benzene rings is 2. The molecule has 0 spiro atoms. The molecule has 20 heavy (non-hydrogen) atoms. The molecule has 106 valence electrons. The maximum atomic E-state index is 13.6. The summed E-state index contributed by atoms with van der Waals surface area (Å²) in [6, 6.07) is 6.62. The van der Waals surface area contributed by atoms with Crippen LogP contribution >= 0.6 is 15.9 Å². The summed E-state index contributed by atoms with van der Waals surface area (Å²) in [6.45, 7) is 3.66. The zero-order chi connectivity index (χ0) is 14.9. The van der Waals surface area contributed by atoms with Gasteiger partial charge in [0.15, 0.2) is 0 Å². The van der Waals surface area contributed by atoms with Crippen molar-refractivity contribution in [3.05, 3.63) is 57.6 Å². The lowest BCUT2D eigenvalue weighted by Gasteiger charge is -2.19. The van der Waals surface area contributed by atoms with Crippen LogP contribution in [-0.4, -0.2) is 5.11 Å². The Bertz CT molecular complexity index is 646. The number of rotatable bonds is 3. The maximum Gasteiger partial charge on any atom is 0.139 e. The van der Waals surface area contributed by atoms with E-state index >= 15 is 0 Å². The number of phenols is 1. The van der Waals surface area contributed by atoms with E-state index in [1.54, 1.807) is 6.07 Å². The molecule has 0 aliphatic heterocycles. The third-order valence-electron chi connectivity index (χ3n) is 3.10. The van der Waals surface area contributed by atoms with E-state index in [-0.39, 0.29) is 17.6 Å². The van der Waals surface area contributed by atoms with Gasteiger partial charge in [-0.15, -0.1) is 0 Å². The predicted molar refractivity (Wildman–Crippen MR) is 78.9 cm³/mol. The van der Waals surface area contributed by atoms with Crippen molar-refractivity contribution in [2.24, 2.45) is 0 Å². The van der Waals surface area contributed by atoms with Gasteiger partial charge in [-0.2, -0.15) is 0 Å². The highest BCUT2D eigenvalue weighted by Crippen LogP contribution is 2.30. The summed E-state index contributed by atoms with van der Waals surface area (Å²) in [4.78, 5) is 0. The van der Waals surface area contributed by atoms with Crippen molar-refractivity contribution in [3.8, 4) is 5.75 Å². The van der Waals surface area contributed by atoms with Gasteiger partial charge in [0.2, 0.25) is 0 Å². The number of anilines is 1. The molecule has 0 aromatic heterocycles. The molecule has 2 aromatic rings. The van der Waals surface area contributed by atoms with Gasteiger partial charge in [0.25, 0.3) is 0 Å². The van der Waals surface area contributed by atoms with Crippen molar-refractivity contribution in [1.82, 2.24) is 0 Å². The number of hydrogen-bond acceptors (Lipinski definition) is 2. The molecule has 1 atom stereocenters. The maximum absolute atomic E-state index is 13.6. The third kappa shape index (κ3) is 3.10. The van der Waals surface area contributed by atoms with Crippen LogP contribution in [0.3, 0.4) is 0 Å². The minimum absolute atomic E-state index is 0.125. The van der Waals surface area contributed by atoms with E-state index in [2.05, 4.69) is 21.2 Å². The second-order valence-electron chi connectivity index (χ2n) is 4.65. The second-order valence-corrected chi connectivity index (χ2v) is 5.50. The Hall–Kier alpha value is -1.62. The molecule has 0 fully saturated rings. The molecule has 0 aliphatic carbocycles. The molecular formula is C15H14BrF2NO. The molecule has 0 bridgehead atoms. The van der Waals surface area contributed by atoms with E-state index in [1.807, 2.05) is 13.8 Å². The zero-order valence-electron chi connectivity index (χ0n) is 11.0. The van der Waals surface area contributed by atoms with Crippen LogP contribution in [0.25, 0.3) is 0 Å². The number of aryl methyl sites for hydroxylation is 1. The van der Waals surface area contributed by atoms with Crippen LogP contribution in [-0.2, 0) is 0 Å². The van der Waals surface area contributed by atoms with Crippen LogP contribution in [0.5, 0.6) is 5.75 Å². The van der Waals surface area contributed by atoms with Crippen LogP contribution in [0.4, 0.5) is 14.5 Å². The third-order valence-corrected chi connectivity index (χ3v) is 3.71. The predicted octanol–water partition coefficient (Wildman–Crippen LogP) is 4.91. The molecule has 5 heteroatoms. The average molecular weight is 342 g/mol. The highest BCUT2D eigenvalue weighted by Gasteiger charge is 2.13. The van der Waals surface area contributed by atoms with Gasteiger partial charge in [-0.25, -0.2) is 8.78 Å². The van der Waals surface area contributed by atoms with Gasteiger partial charge in [0, 0.05) is 17.3 Å². The molecule has 2 N–H and O–H groups in total. The fourth-order valence-corrected chi connectivity index (χ4v) is 2.45. The van der Waals surface area contributed by atoms with E-state index in [0.717, 1.165) is 11.6 Å². The molecular weight excluding hydrogens is 328 g/mol. The van der Waals surface area contributed by atoms with E-state index in [0.29, 0.717) is 15.7 Å². The standard InChI is InChI=1S/C15H14BrF2NO/c1-8-5-12(16)13(18)7-14(8)19-9(2)11-4-3-10(17)6-15(11)20/h3-7,9,19-20H,1-2H3. The molecule has 0 heterocycles. The molecule has 2 nitrogen and oxygen atoms in total. The first kappa shape index (κ1) is 14.8. The van der Waals surface area contributed by atoms with Gasteiger partial charge in [0.05, 0.1) is 10.5 Å². The Morgan fingerprint density at radius 3 is 2.55 bits per heavy atom. The largest absolute Gasteiger partial charge is 0.507 e. The summed E-state index contributed by atoms with van der Waals surface area (Å²) >= 11 is 3.13. The van der Waals surface area contributed by atoms with Gasteiger partial charge in [-0.1, -0.05) is 6.07 Å². The van der Waals surface area contributed by atoms with E-state index in [4.69, 9.17) is 0 Å². The van der Waals surface area contributed by atoms with E-state index in [1.165, 1.54) is 18.2 Å². The highest BCUT2D eigenvalue weighted by molar-refractivity contribution is 9.10. The molecule has 2 rings (SSSR count). The summed E-state index contributed by atoms with van der Waals surface area (Å²) in [5.41, 5.74) is 2.04. The lowest BCUT2D eigenvalue weighted by atomic mass is 10.1. The summed E-state index contributed by atoms with van der Waals surface area (Å²) in [7, 11) is 0. The second kappa shape index (κ2) is 5.79. The van der Waals surface area contributed by atoms with E-state index in [9.17, 15) is 13.9 Å². The van der Waals surface area contributed by atoms with Gasteiger partial charge in [0.1, 0.15) is 17.4 Å². The molecule has 0 radical (unpaired) electrons. The average Bonchev–Trinajstić information content (AvgIpc) is 2.35. The van der Waals surface area contributed by atoms with Crippen LogP contribution < -0.4 is 5.32 Å². The van der Waals surface area contributed by atoms with Crippen LogP contribution in [0.2, 0.25) is 0 Å². The van der Waals surface area contributed by atoms with E-state index < -0.39 is 5.82 Å². The van der Waals surface area contributed by atoms with Gasteiger partial charge in [-0.05, 0) is 53.5 Å². The SMILES string of the molecule is Cc1cc(Br)c(F)cc1NC(C)c1ccc(F)cc1O. The Morgan fingerprint density at radius 1 is 1.20 bits per heavy atom. The Kier molecular flexibility index (Phi) is 4.28. The van der Waals surface area contributed by atoms with Crippen molar-refractivity contribution in [3.63, 3.8) is 0 Å². The first-order chi connectivity index (χ1) is 9.38. The zero-order valence-corrected chi connectivity index (χ0v) is 12.6. The molecule has 0 saturated carbocycles. The minimum atomic E-state index is -0.496. The lowest BCUT2D eigenvalue weighted by Crippen LogP contribution is -2.08. The molecule has 1 unspecified atom stereocenters. The number of hydrogen-bond donors (Lipinski definition) is 2. The summed E-state index contributed by atoms with van der Waals surface area (Å²) in [6.07, 6.45) is 0. The Morgan fingerprint density at radius 2 is 1.90 bits per heavy atom. The fraction of sp³-hybridized carbons (Fsp3) is 0.200. The molecule has 0 aliphatic rings. The molecule has 0 amide bonds. The molecule has 2 aromatic carbocycles. The summed E-state index contributed by atoms with van der Waals surface area (Å²) < 4.78 is 26.9. The smallest absolute Gasteiger partial charge is 0.139 e. The first-order valence-electron chi connectivity index (χ1n) is 6.09. The minimum Gasteiger partial charge on any atom is -0.507 e. The van der Waals surface area contributed by atoms with Gasteiger partial charge in [-0.3, -0.25) is 0 Å². The topological polar surface area (TPSA) is 32.3 Å². The Balaban J connectivity index is 2.27. The molecule has 0 saturated heterocycles. The van der Waals surface area contributed by atoms with Crippen LogP contribution in [0.1, 0.15) is 24.1 Å². The monoisotopic (exact) mass is 341 g/mol. The fourth-order valence-electron chi connectivity index (χ4n) is 2.00. The van der Waals surface area contributed by atoms with Crippen molar-refractivity contribution in [2.45, 2.75) is 19.9 Å². The summed E-state index contributed by atoms with van der Waals surface area (Å²) in [5.74, 6) is -0.988. The number of nitrogens with one attached hydrogen (secondary N) is 1. The number of aromatic hydroxyl groups is 1. The summed E-state index contributed by atoms with van der Waals surface area (Å²) in [5, 5.41) is 12.9.